The minimum Gasteiger partial charge on any atom is -0.491 e. The molecule has 1 aliphatic rings. The van der Waals surface area contributed by atoms with E-state index < -0.39 is 0 Å². The Morgan fingerprint density at radius 3 is 2.63 bits per heavy atom. The number of aromatic amines is 1. The largest absolute Gasteiger partial charge is 0.491 e. The van der Waals surface area contributed by atoms with Gasteiger partial charge >= 0.3 is 0 Å². The van der Waals surface area contributed by atoms with Crippen LogP contribution < -0.4 is 15.4 Å². The van der Waals surface area contributed by atoms with Gasteiger partial charge in [0.25, 0.3) is 11.8 Å². The molecule has 0 radical (unpaired) electrons. The standard InChI is InChI=1S/C25H28N6O4/c1-17-4-9-21-20(15-17)24(33)27-10-13-31(12-2-3-22(32)26-11-14-35-21)25(34)19-7-5-18(6-8-19)23-28-16-29-30-23/h4-9,15-16H,2-3,10-14H2,1H3,(H,26,32)(H,27,33)(H,28,29,30). The van der Waals surface area contributed by atoms with Crippen LogP contribution in [0.15, 0.2) is 48.8 Å². The van der Waals surface area contributed by atoms with E-state index in [1.807, 2.05) is 13.0 Å². The third-order valence-corrected chi connectivity index (χ3v) is 5.67. The third kappa shape index (κ3) is 6.23. The van der Waals surface area contributed by atoms with Gasteiger partial charge in [-0.15, -0.1) is 0 Å². The van der Waals surface area contributed by atoms with Crippen molar-refractivity contribution in [2.45, 2.75) is 19.8 Å². The number of aromatic nitrogens is 3. The van der Waals surface area contributed by atoms with Gasteiger partial charge in [-0.1, -0.05) is 23.8 Å². The number of nitrogens with zero attached hydrogens (tertiary/aromatic N) is 3. The number of hydrogen-bond acceptors (Lipinski definition) is 6. The van der Waals surface area contributed by atoms with E-state index in [4.69, 9.17) is 4.74 Å². The first kappa shape index (κ1) is 23.9. The molecule has 1 aliphatic heterocycles. The van der Waals surface area contributed by atoms with Crippen LogP contribution in [0.5, 0.6) is 5.75 Å². The molecule has 0 fully saturated rings. The van der Waals surface area contributed by atoms with Gasteiger partial charge in [-0.25, -0.2) is 4.98 Å². The molecule has 0 saturated heterocycles. The Labute approximate surface area is 203 Å². The number of carbonyl (C=O) groups is 3. The predicted octanol–water partition coefficient (Wildman–Crippen LogP) is 1.94. The molecule has 0 saturated carbocycles. The molecule has 0 atom stereocenters. The molecule has 35 heavy (non-hydrogen) atoms. The SMILES string of the molecule is Cc1ccc2c(c1)C(=O)NCCN(C(=O)c1ccc(-c3ncn[nH]3)cc1)CCCC(=O)NCCO2. The summed E-state index contributed by atoms with van der Waals surface area (Å²) in [6.07, 6.45) is 2.21. The number of H-pyrrole nitrogens is 1. The minimum atomic E-state index is -0.272. The zero-order chi connectivity index (χ0) is 24.6. The second kappa shape index (κ2) is 11.3. The third-order valence-electron chi connectivity index (χ3n) is 5.67. The van der Waals surface area contributed by atoms with Crippen molar-refractivity contribution in [3.8, 4) is 17.1 Å². The highest BCUT2D eigenvalue weighted by Crippen LogP contribution is 2.20. The summed E-state index contributed by atoms with van der Waals surface area (Å²) >= 11 is 0. The normalized spacial score (nSPS) is 15.6. The number of carbonyl (C=O) groups excluding carboxylic acids is 3. The van der Waals surface area contributed by atoms with Gasteiger partial charge in [0.05, 0.1) is 12.1 Å². The Balaban J connectivity index is 1.49. The number of rotatable bonds is 2. The second-order valence-electron chi connectivity index (χ2n) is 8.26. The molecule has 182 valence electrons. The summed E-state index contributed by atoms with van der Waals surface area (Å²) in [5.74, 6) is 0.521. The Morgan fingerprint density at radius 2 is 1.86 bits per heavy atom. The number of benzene rings is 2. The number of fused-ring (bicyclic) bond motifs is 1. The van der Waals surface area contributed by atoms with Gasteiger partial charge in [0.1, 0.15) is 18.7 Å². The molecule has 3 N–H and O–H groups in total. The lowest BCUT2D eigenvalue weighted by Crippen LogP contribution is -2.39. The molecule has 10 nitrogen and oxygen atoms in total. The fraction of sp³-hybridized carbons (Fsp3) is 0.320. The van der Waals surface area contributed by atoms with Crippen LogP contribution in [-0.4, -0.2) is 70.6 Å². The van der Waals surface area contributed by atoms with Crippen molar-refractivity contribution < 1.29 is 19.1 Å². The highest BCUT2D eigenvalue weighted by Gasteiger charge is 2.19. The van der Waals surface area contributed by atoms with Crippen LogP contribution in [0.2, 0.25) is 0 Å². The van der Waals surface area contributed by atoms with E-state index in [1.165, 1.54) is 6.33 Å². The van der Waals surface area contributed by atoms with Crippen LogP contribution in [0.3, 0.4) is 0 Å². The molecule has 2 aromatic carbocycles. The van der Waals surface area contributed by atoms with Crippen molar-refractivity contribution in [1.29, 1.82) is 0 Å². The lowest BCUT2D eigenvalue weighted by Gasteiger charge is -2.23. The average Bonchev–Trinajstić information content (AvgIpc) is 3.40. The summed E-state index contributed by atoms with van der Waals surface area (Å²) in [5, 5.41) is 12.3. The zero-order valence-corrected chi connectivity index (χ0v) is 19.5. The van der Waals surface area contributed by atoms with E-state index in [-0.39, 0.29) is 37.3 Å². The van der Waals surface area contributed by atoms with Crippen molar-refractivity contribution in [3.63, 3.8) is 0 Å². The summed E-state index contributed by atoms with van der Waals surface area (Å²) < 4.78 is 5.74. The molecule has 1 aromatic heterocycles. The van der Waals surface area contributed by atoms with Crippen molar-refractivity contribution in [2.75, 3.05) is 32.8 Å². The van der Waals surface area contributed by atoms with Gasteiger partial charge in [-0.3, -0.25) is 19.5 Å². The lowest BCUT2D eigenvalue weighted by atomic mass is 10.1. The number of ether oxygens (including phenoxy) is 1. The first-order valence-corrected chi connectivity index (χ1v) is 11.5. The quantitative estimate of drug-likeness (QED) is 0.518. The lowest BCUT2D eigenvalue weighted by molar-refractivity contribution is -0.121. The maximum absolute atomic E-state index is 13.3. The highest BCUT2D eigenvalue weighted by molar-refractivity contribution is 5.97. The zero-order valence-electron chi connectivity index (χ0n) is 19.5. The summed E-state index contributed by atoms with van der Waals surface area (Å²) in [4.78, 5) is 44.1. The van der Waals surface area contributed by atoms with Crippen molar-refractivity contribution in [3.05, 3.63) is 65.5 Å². The van der Waals surface area contributed by atoms with Gasteiger partial charge in [-0.2, -0.15) is 5.10 Å². The minimum absolute atomic E-state index is 0.106. The number of nitrogens with one attached hydrogen (secondary N) is 3. The van der Waals surface area contributed by atoms with E-state index in [0.717, 1.165) is 11.1 Å². The van der Waals surface area contributed by atoms with Crippen LogP contribution in [0.25, 0.3) is 11.4 Å². The fourth-order valence-electron chi connectivity index (χ4n) is 3.83. The molecule has 0 bridgehead atoms. The molecule has 0 spiro atoms. The molecular weight excluding hydrogens is 448 g/mol. The molecule has 3 amide bonds. The van der Waals surface area contributed by atoms with Gasteiger partial charge < -0.3 is 20.3 Å². The van der Waals surface area contributed by atoms with Crippen LogP contribution in [0.4, 0.5) is 0 Å². The highest BCUT2D eigenvalue weighted by atomic mass is 16.5. The second-order valence-corrected chi connectivity index (χ2v) is 8.26. The van der Waals surface area contributed by atoms with Crippen LogP contribution >= 0.6 is 0 Å². The molecule has 2 heterocycles. The first-order chi connectivity index (χ1) is 17.0. The first-order valence-electron chi connectivity index (χ1n) is 11.5. The molecule has 10 heteroatoms. The Kier molecular flexibility index (Phi) is 7.71. The average molecular weight is 477 g/mol. The van der Waals surface area contributed by atoms with E-state index in [9.17, 15) is 14.4 Å². The van der Waals surface area contributed by atoms with Crippen molar-refractivity contribution in [1.82, 2.24) is 30.7 Å². The van der Waals surface area contributed by atoms with Gasteiger partial charge in [-0.05, 0) is 37.6 Å². The smallest absolute Gasteiger partial charge is 0.255 e. The molecule has 3 aromatic rings. The molecule has 0 unspecified atom stereocenters. The number of amides is 3. The Morgan fingerprint density at radius 1 is 1.03 bits per heavy atom. The summed E-state index contributed by atoms with van der Waals surface area (Å²) in [6, 6.07) is 12.5. The number of hydrogen-bond donors (Lipinski definition) is 3. The van der Waals surface area contributed by atoms with E-state index >= 15 is 0 Å². The maximum atomic E-state index is 13.3. The number of aryl methyl sites for hydroxylation is 1. The predicted molar refractivity (Wildman–Crippen MR) is 129 cm³/mol. The van der Waals surface area contributed by atoms with Crippen LogP contribution in [-0.2, 0) is 4.79 Å². The van der Waals surface area contributed by atoms with Gasteiger partial charge in [0.15, 0.2) is 5.82 Å². The van der Waals surface area contributed by atoms with Crippen molar-refractivity contribution >= 4 is 17.7 Å². The molecular formula is C25H28N6O4. The maximum Gasteiger partial charge on any atom is 0.255 e. The monoisotopic (exact) mass is 476 g/mol. The van der Waals surface area contributed by atoms with E-state index in [2.05, 4.69) is 25.8 Å². The van der Waals surface area contributed by atoms with E-state index in [0.29, 0.717) is 48.8 Å². The van der Waals surface area contributed by atoms with Crippen LogP contribution in [0, 0.1) is 6.92 Å². The Hall–Kier alpha value is -4.21. The van der Waals surface area contributed by atoms with Crippen LogP contribution in [0.1, 0.15) is 39.1 Å². The van der Waals surface area contributed by atoms with Crippen molar-refractivity contribution in [2.24, 2.45) is 0 Å². The van der Waals surface area contributed by atoms with Gasteiger partial charge in [0.2, 0.25) is 5.91 Å². The van der Waals surface area contributed by atoms with E-state index in [1.54, 1.807) is 41.3 Å². The topological polar surface area (TPSA) is 129 Å². The molecule has 4 rings (SSSR count). The van der Waals surface area contributed by atoms with Gasteiger partial charge in [0, 0.05) is 37.2 Å². The molecule has 0 aliphatic carbocycles. The summed E-state index contributed by atoms with van der Waals surface area (Å²) in [5.41, 5.74) is 2.68. The Bertz CT molecular complexity index is 1180. The fourth-order valence-corrected chi connectivity index (χ4v) is 3.83. The summed E-state index contributed by atoms with van der Waals surface area (Å²) in [6.45, 7) is 3.44. The summed E-state index contributed by atoms with van der Waals surface area (Å²) in [7, 11) is 0.